The van der Waals surface area contributed by atoms with Crippen molar-refractivity contribution in [1.29, 1.82) is 0 Å². The zero-order valence-corrected chi connectivity index (χ0v) is 18.3. The van der Waals surface area contributed by atoms with Gasteiger partial charge in [0, 0.05) is 0 Å². The van der Waals surface area contributed by atoms with Gasteiger partial charge < -0.3 is 18.6 Å². The number of rotatable bonds is 2. The van der Waals surface area contributed by atoms with Crippen molar-refractivity contribution in [3.63, 3.8) is 0 Å². The lowest BCUT2D eigenvalue weighted by Crippen LogP contribution is -2.41. The zero-order valence-electron chi connectivity index (χ0n) is 18.3. The van der Waals surface area contributed by atoms with Gasteiger partial charge in [0.25, 0.3) is 0 Å². The van der Waals surface area contributed by atoms with Crippen molar-refractivity contribution in [1.82, 2.24) is 0 Å². The Morgan fingerprint density at radius 1 is 0.607 bits per heavy atom. The SMILES string of the molecule is CC1(C)OB(c2cc(B3OC(C)(C)C(C)(C)O3)c3ccccc3c2)OC1(C)C. The van der Waals surface area contributed by atoms with Crippen LogP contribution in [0, 0.1) is 0 Å². The van der Waals surface area contributed by atoms with Gasteiger partial charge in [-0.2, -0.15) is 0 Å². The van der Waals surface area contributed by atoms with Gasteiger partial charge >= 0.3 is 14.2 Å². The standard InChI is InChI=1S/C22H30B2O4/c1-19(2)20(3,4)26-23(25-19)16-13-15-11-9-10-12-17(15)18(14-16)24-27-21(5,6)22(7,8)28-24/h9-14H,1-8H3. The molecule has 0 saturated carbocycles. The number of benzene rings is 2. The normalized spacial score (nSPS) is 24.9. The van der Waals surface area contributed by atoms with Gasteiger partial charge in [0.15, 0.2) is 0 Å². The third-order valence-electron chi connectivity index (χ3n) is 6.95. The molecule has 0 aromatic heterocycles. The first-order chi connectivity index (χ1) is 12.8. The third-order valence-corrected chi connectivity index (χ3v) is 6.95. The largest absolute Gasteiger partial charge is 0.495 e. The third kappa shape index (κ3) is 3.02. The van der Waals surface area contributed by atoms with Crippen molar-refractivity contribution in [3.8, 4) is 0 Å². The fourth-order valence-corrected chi connectivity index (χ4v) is 3.64. The van der Waals surface area contributed by atoms with E-state index in [-0.39, 0.29) is 22.4 Å². The monoisotopic (exact) mass is 380 g/mol. The summed E-state index contributed by atoms with van der Waals surface area (Å²) in [5, 5.41) is 2.25. The van der Waals surface area contributed by atoms with E-state index < -0.39 is 14.2 Å². The Morgan fingerprint density at radius 3 is 1.61 bits per heavy atom. The van der Waals surface area contributed by atoms with Crippen LogP contribution in [0.5, 0.6) is 0 Å². The minimum absolute atomic E-state index is 0.381. The Labute approximate surface area is 169 Å². The molecular weight excluding hydrogens is 350 g/mol. The molecule has 0 bridgehead atoms. The van der Waals surface area contributed by atoms with Crippen LogP contribution in [0.2, 0.25) is 0 Å². The molecule has 2 aliphatic heterocycles. The van der Waals surface area contributed by atoms with Crippen LogP contribution in [0.4, 0.5) is 0 Å². The van der Waals surface area contributed by atoms with Crippen molar-refractivity contribution in [2.75, 3.05) is 0 Å². The van der Waals surface area contributed by atoms with Crippen molar-refractivity contribution >= 4 is 35.9 Å². The van der Waals surface area contributed by atoms with E-state index in [1.807, 2.05) is 12.1 Å². The van der Waals surface area contributed by atoms with Crippen LogP contribution in [-0.2, 0) is 18.6 Å². The van der Waals surface area contributed by atoms with Crippen molar-refractivity contribution in [3.05, 3.63) is 36.4 Å². The van der Waals surface area contributed by atoms with Gasteiger partial charge in [0.2, 0.25) is 0 Å². The van der Waals surface area contributed by atoms with Crippen LogP contribution < -0.4 is 10.9 Å². The summed E-state index contributed by atoms with van der Waals surface area (Å²) in [7, 11) is -0.854. The Kier molecular flexibility index (Phi) is 4.34. The van der Waals surface area contributed by atoms with E-state index in [1.165, 1.54) is 0 Å². The fourth-order valence-electron chi connectivity index (χ4n) is 3.64. The summed E-state index contributed by atoms with van der Waals surface area (Å²) in [4.78, 5) is 0. The summed E-state index contributed by atoms with van der Waals surface area (Å²) in [6.45, 7) is 16.6. The summed E-state index contributed by atoms with van der Waals surface area (Å²) in [6.07, 6.45) is 0. The highest BCUT2D eigenvalue weighted by molar-refractivity contribution is 6.68. The average molecular weight is 380 g/mol. The molecule has 2 aromatic carbocycles. The predicted octanol–water partition coefficient (Wildman–Crippen LogP) is 3.44. The number of fused-ring (bicyclic) bond motifs is 1. The van der Waals surface area contributed by atoms with Crippen LogP contribution in [0.25, 0.3) is 10.8 Å². The highest BCUT2D eigenvalue weighted by Gasteiger charge is 2.54. The Balaban J connectivity index is 1.80. The van der Waals surface area contributed by atoms with E-state index in [4.69, 9.17) is 18.6 Å². The van der Waals surface area contributed by atoms with Crippen molar-refractivity contribution in [2.45, 2.75) is 77.8 Å². The second-order valence-corrected chi connectivity index (χ2v) is 10.0. The molecule has 0 N–H and O–H groups in total. The molecule has 0 amide bonds. The molecule has 0 atom stereocenters. The average Bonchev–Trinajstić information content (AvgIpc) is 2.93. The van der Waals surface area contributed by atoms with E-state index in [1.54, 1.807) is 0 Å². The maximum atomic E-state index is 6.35. The summed E-state index contributed by atoms with van der Waals surface area (Å²) in [5.74, 6) is 0. The first-order valence-corrected chi connectivity index (χ1v) is 10.1. The van der Waals surface area contributed by atoms with Crippen LogP contribution in [-0.4, -0.2) is 36.6 Å². The summed E-state index contributed by atoms with van der Waals surface area (Å²) in [6, 6.07) is 12.6. The Hall–Kier alpha value is -1.33. The summed E-state index contributed by atoms with van der Waals surface area (Å²) in [5.41, 5.74) is 0.461. The van der Waals surface area contributed by atoms with E-state index in [0.29, 0.717) is 0 Å². The second-order valence-electron chi connectivity index (χ2n) is 10.0. The molecule has 2 fully saturated rings. The molecule has 0 aliphatic carbocycles. The maximum Gasteiger partial charge on any atom is 0.495 e. The van der Waals surface area contributed by atoms with Gasteiger partial charge in [-0.05, 0) is 77.1 Å². The van der Waals surface area contributed by atoms with E-state index in [0.717, 1.165) is 21.7 Å². The molecule has 148 valence electrons. The molecule has 0 radical (unpaired) electrons. The van der Waals surface area contributed by atoms with Crippen molar-refractivity contribution < 1.29 is 18.6 Å². The minimum atomic E-state index is -0.433. The van der Waals surface area contributed by atoms with E-state index in [2.05, 4.69) is 79.7 Å². The smallest absolute Gasteiger partial charge is 0.399 e. The van der Waals surface area contributed by atoms with Gasteiger partial charge in [-0.15, -0.1) is 0 Å². The molecule has 0 spiro atoms. The minimum Gasteiger partial charge on any atom is -0.399 e. The molecule has 28 heavy (non-hydrogen) atoms. The molecule has 2 heterocycles. The lowest BCUT2D eigenvalue weighted by molar-refractivity contribution is 0.00578. The second kappa shape index (κ2) is 6.08. The lowest BCUT2D eigenvalue weighted by Gasteiger charge is -2.32. The molecule has 6 heteroatoms. The van der Waals surface area contributed by atoms with Gasteiger partial charge in [0.05, 0.1) is 22.4 Å². The first kappa shape index (κ1) is 20.0. The van der Waals surface area contributed by atoms with Crippen molar-refractivity contribution in [2.24, 2.45) is 0 Å². The predicted molar refractivity (Wildman–Crippen MR) is 115 cm³/mol. The number of hydrogen-bond acceptors (Lipinski definition) is 4. The van der Waals surface area contributed by atoms with Gasteiger partial charge in [-0.25, -0.2) is 0 Å². The highest BCUT2D eigenvalue weighted by Crippen LogP contribution is 2.38. The van der Waals surface area contributed by atoms with Gasteiger partial charge in [0.1, 0.15) is 0 Å². The topological polar surface area (TPSA) is 36.9 Å². The Bertz CT molecular complexity index is 888. The van der Waals surface area contributed by atoms with Crippen LogP contribution in [0.1, 0.15) is 55.4 Å². The molecule has 4 nitrogen and oxygen atoms in total. The van der Waals surface area contributed by atoms with E-state index in [9.17, 15) is 0 Å². The summed E-state index contributed by atoms with van der Waals surface area (Å²) < 4.78 is 25.3. The van der Waals surface area contributed by atoms with Crippen LogP contribution in [0.3, 0.4) is 0 Å². The van der Waals surface area contributed by atoms with Crippen LogP contribution in [0.15, 0.2) is 36.4 Å². The fraction of sp³-hybridized carbons (Fsp3) is 0.545. The maximum absolute atomic E-state index is 6.35. The molecule has 2 aromatic rings. The molecular formula is C22H30B2O4. The quantitative estimate of drug-likeness (QED) is 0.749. The molecule has 2 saturated heterocycles. The van der Waals surface area contributed by atoms with Crippen LogP contribution >= 0.6 is 0 Å². The zero-order chi connectivity index (χ0) is 20.5. The highest BCUT2D eigenvalue weighted by atomic mass is 16.7. The Morgan fingerprint density at radius 2 is 1.07 bits per heavy atom. The number of hydrogen-bond donors (Lipinski definition) is 0. The van der Waals surface area contributed by atoms with Gasteiger partial charge in [-0.1, -0.05) is 36.4 Å². The molecule has 0 unspecified atom stereocenters. The molecule has 4 rings (SSSR count). The lowest BCUT2D eigenvalue weighted by atomic mass is 9.69. The first-order valence-electron chi connectivity index (χ1n) is 10.1. The summed E-state index contributed by atoms with van der Waals surface area (Å²) >= 11 is 0. The molecule has 2 aliphatic rings. The van der Waals surface area contributed by atoms with Gasteiger partial charge in [-0.3, -0.25) is 0 Å². The van der Waals surface area contributed by atoms with E-state index >= 15 is 0 Å².